The summed E-state index contributed by atoms with van der Waals surface area (Å²) < 4.78 is 13.5. The second-order valence-electron chi connectivity index (χ2n) is 12.9. The highest BCUT2D eigenvalue weighted by Gasteiger charge is 2.39. The van der Waals surface area contributed by atoms with Gasteiger partial charge in [0.05, 0.1) is 36.0 Å². The Morgan fingerprint density at radius 2 is 1.58 bits per heavy atom. The Morgan fingerprint density at radius 3 is 2.38 bits per heavy atom. The van der Waals surface area contributed by atoms with Crippen molar-refractivity contribution in [1.29, 1.82) is 0 Å². The highest BCUT2D eigenvalue weighted by molar-refractivity contribution is 5.93. The van der Waals surface area contributed by atoms with Crippen LogP contribution in [0.5, 0.6) is 0 Å². The standard InChI is InChI=1S/C40H42N4O4/c1-27-37(25-44-19-5-2-6-20-44)47-40(48-38(27)30-17-15-28(26-45)16-18-30)33-12-8-11-32(22-33)31-10-7-9-29(21-31)23-42-39(46)36-24-41-34-13-3-4-14-35(34)43-36/h3-4,7-18,21-22,24,27,37-38,40,45H,2,5-6,19-20,23,25-26H2,1H3,(H,42,46)/t27-,37+,38+,40+/m0/s1. The van der Waals surface area contributed by atoms with Crippen LogP contribution in [-0.4, -0.2) is 51.6 Å². The molecule has 2 aliphatic heterocycles. The fourth-order valence-electron chi connectivity index (χ4n) is 6.79. The molecule has 2 fully saturated rings. The fraction of sp³-hybridized carbons (Fsp3) is 0.325. The van der Waals surface area contributed by atoms with E-state index in [0.29, 0.717) is 17.8 Å². The van der Waals surface area contributed by atoms with Gasteiger partial charge in [0.1, 0.15) is 5.69 Å². The SMILES string of the molecule is C[C@H]1[C@@H](CN2CCCCC2)O[C@@H](c2cccc(-c3cccc(CNC(=O)c4cnc5ccccc5n4)c3)c2)O[C@H]1c1ccc(CO)cc1. The molecule has 2 saturated heterocycles. The maximum Gasteiger partial charge on any atom is 0.271 e. The molecule has 4 atom stereocenters. The van der Waals surface area contributed by atoms with Crippen molar-refractivity contribution in [2.45, 2.75) is 57.8 Å². The van der Waals surface area contributed by atoms with Gasteiger partial charge in [0.2, 0.25) is 0 Å². The van der Waals surface area contributed by atoms with Crippen molar-refractivity contribution in [1.82, 2.24) is 20.2 Å². The maximum absolute atomic E-state index is 12.9. The third kappa shape index (κ3) is 7.32. The van der Waals surface area contributed by atoms with Gasteiger partial charge in [-0.25, -0.2) is 4.98 Å². The van der Waals surface area contributed by atoms with E-state index in [-0.39, 0.29) is 30.6 Å². The van der Waals surface area contributed by atoms with Crippen LogP contribution in [0.25, 0.3) is 22.2 Å². The molecule has 0 saturated carbocycles. The van der Waals surface area contributed by atoms with Gasteiger partial charge in [0, 0.05) is 24.6 Å². The van der Waals surface area contributed by atoms with Gasteiger partial charge in [-0.1, -0.05) is 86.1 Å². The molecule has 2 N–H and O–H groups in total. The molecule has 8 heteroatoms. The van der Waals surface area contributed by atoms with Gasteiger partial charge in [-0.15, -0.1) is 0 Å². The van der Waals surface area contributed by atoms with E-state index in [1.54, 1.807) is 0 Å². The minimum Gasteiger partial charge on any atom is -0.392 e. The summed E-state index contributed by atoms with van der Waals surface area (Å²) >= 11 is 0. The van der Waals surface area contributed by atoms with Gasteiger partial charge in [0.25, 0.3) is 5.91 Å². The van der Waals surface area contributed by atoms with Crippen LogP contribution in [0.15, 0.2) is 103 Å². The smallest absolute Gasteiger partial charge is 0.271 e. The first-order valence-corrected chi connectivity index (χ1v) is 17.0. The van der Waals surface area contributed by atoms with Crippen LogP contribution in [0, 0.1) is 5.92 Å². The minimum absolute atomic E-state index is 0.00672. The van der Waals surface area contributed by atoms with E-state index in [4.69, 9.17) is 9.47 Å². The highest BCUT2D eigenvalue weighted by atomic mass is 16.7. The van der Waals surface area contributed by atoms with Crippen LogP contribution in [-0.2, 0) is 22.6 Å². The van der Waals surface area contributed by atoms with Crippen LogP contribution in [0.4, 0.5) is 0 Å². The quantitative estimate of drug-likeness (QED) is 0.179. The monoisotopic (exact) mass is 642 g/mol. The largest absolute Gasteiger partial charge is 0.392 e. The summed E-state index contributed by atoms with van der Waals surface area (Å²) in [7, 11) is 0. The van der Waals surface area contributed by atoms with Crippen LogP contribution in [0.3, 0.4) is 0 Å². The average Bonchev–Trinajstić information content (AvgIpc) is 3.15. The van der Waals surface area contributed by atoms with E-state index in [0.717, 1.165) is 58.5 Å². The zero-order valence-electron chi connectivity index (χ0n) is 27.3. The number of ether oxygens (including phenoxy) is 2. The second-order valence-corrected chi connectivity index (χ2v) is 12.9. The summed E-state index contributed by atoms with van der Waals surface area (Å²) in [5.41, 5.74) is 7.75. The number of fused-ring (bicyclic) bond motifs is 1. The molecule has 246 valence electrons. The minimum atomic E-state index is -0.524. The average molecular weight is 643 g/mol. The summed E-state index contributed by atoms with van der Waals surface area (Å²) in [6.07, 6.45) is 4.61. The van der Waals surface area contributed by atoms with Crippen molar-refractivity contribution in [2.24, 2.45) is 5.92 Å². The van der Waals surface area contributed by atoms with E-state index in [9.17, 15) is 9.90 Å². The van der Waals surface area contributed by atoms with Gasteiger partial charge in [-0.05, 0) is 78.0 Å². The first-order valence-electron chi connectivity index (χ1n) is 17.0. The van der Waals surface area contributed by atoms with Crippen molar-refractivity contribution < 1.29 is 19.4 Å². The number of piperidine rings is 1. The van der Waals surface area contributed by atoms with Crippen LogP contribution in [0.1, 0.15) is 71.3 Å². The number of aliphatic hydroxyl groups is 1. The van der Waals surface area contributed by atoms with E-state index in [1.807, 2.05) is 54.6 Å². The Labute approximate surface area is 281 Å². The number of nitrogens with zero attached hydrogens (tertiary/aromatic N) is 3. The molecule has 0 bridgehead atoms. The van der Waals surface area contributed by atoms with E-state index in [1.165, 1.54) is 25.5 Å². The summed E-state index contributed by atoms with van der Waals surface area (Å²) in [5.74, 6) is -0.111. The lowest BCUT2D eigenvalue weighted by atomic mass is 9.89. The Morgan fingerprint density at radius 1 is 0.833 bits per heavy atom. The number of rotatable bonds is 9. The molecule has 48 heavy (non-hydrogen) atoms. The number of amides is 1. The van der Waals surface area contributed by atoms with Gasteiger partial charge < -0.3 is 24.8 Å². The molecule has 0 aliphatic carbocycles. The molecular weight excluding hydrogens is 600 g/mol. The summed E-state index contributed by atoms with van der Waals surface area (Å²) in [4.78, 5) is 24.3. The molecule has 0 spiro atoms. The molecule has 0 unspecified atom stereocenters. The van der Waals surface area contributed by atoms with Gasteiger partial charge >= 0.3 is 0 Å². The number of para-hydroxylation sites is 2. The zero-order valence-corrected chi connectivity index (χ0v) is 27.3. The number of hydrogen-bond donors (Lipinski definition) is 2. The third-order valence-electron chi connectivity index (χ3n) is 9.56. The van der Waals surface area contributed by atoms with Gasteiger partial charge in [-0.3, -0.25) is 9.78 Å². The van der Waals surface area contributed by atoms with E-state index >= 15 is 0 Å². The molecule has 3 heterocycles. The second kappa shape index (κ2) is 14.7. The van der Waals surface area contributed by atoms with Crippen LogP contribution >= 0.6 is 0 Å². The number of nitrogens with one attached hydrogen (secondary N) is 1. The highest BCUT2D eigenvalue weighted by Crippen LogP contribution is 2.42. The third-order valence-corrected chi connectivity index (χ3v) is 9.56. The lowest BCUT2D eigenvalue weighted by molar-refractivity contribution is -0.276. The molecular formula is C40H42N4O4. The molecule has 7 rings (SSSR count). The first-order chi connectivity index (χ1) is 23.5. The van der Waals surface area contributed by atoms with Crippen molar-refractivity contribution >= 4 is 16.9 Å². The van der Waals surface area contributed by atoms with Crippen molar-refractivity contribution in [2.75, 3.05) is 19.6 Å². The maximum atomic E-state index is 12.9. The first kappa shape index (κ1) is 32.1. The van der Waals surface area contributed by atoms with E-state index in [2.05, 4.69) is 69.6 Å². The molecule has 1 amide bonds. The van der Waals surface area contributed by atoms with Gasteiger partial charge in [0.15, 0.2) is 6.29 Å². The Hall–Kier alpha value is -4.47. The number of carbonyl (C=O) groups is 1. The molecule has 2 aliphatic rings. The Balaban J connectivity index is 1.09. The predicted molar refractivity (Wildman–Crippen MR) is 186 cm³/mol. The van der Waals surface area contributed by atoms with Crippen molar-refractivity contribution in [3.8, 4) is 11.1 Å². The Kier molecular flexibility index (Phi) is 9.86. The zero-order chi connectivity index (χ0) is 32.9. The van der Waals surface area contributed by atoms with Crippen LogP contribution < -0.4 is 5.32 Å². The fourth-order valence-corrected chi connectivity index (χ4v) is 6.79. The summed E-state index contributed by atoms with van der Waals surface area (Å²) in [6, 6.07) is 32.1. The number of hydrogen-bond acceptors (Lipinski definition) is 7. The molecule has 0 radical (unpaired) electrons. The topological polar surface area (TPSA) is 96.8 Å². The predicted octanol–water partition coefficient (Wildman–Crippen LogP) is 7.00. The number of carbonyl (C=O) groups excluding carboxylic acids is 1. The van der Waals surface area contributed by atoms with E-state index < -0.39 is 6.29 Å². The van der Waals surface area contributed by atoms with Crippen molar-refractivity contribution in [3.63, 3.8) is 0 Å². The number of aromatic nitrogens is 2. The number of benzene rings is 4. The normalized spacial score (nSPS) is 21.6. The number of likely N-dealkylation sites (tertiary alicyclic amines) is 1. The molecule has 5 aromatic rings. The van der Waals surface area contributed by atoms with Crippen molar-refractivity contribution in [3.05, 3.63) is 131 Å². The van der Waals surface area contributed by atoms with Crippen LogP contribution in [0.2, 0.25) is 0 Å². The lowest BCUT2D eigenvalue weighted by Crippen LogP contribution is -2.45. The molecule has 1 aromatic heterocycles. The lowest BCUT2D eigenvalue weighted by Gasteiger charge is -2.43. The number of aliphatic hydroxyl groups excluding tert-OH is 1. The van der Waals surface area contributed by atoms with Gasteiger partial charge in [-0.2, -0.15) is 0 Å². The molecule has 8 nitrogen and oxygen atoms in total. The molecule has 4 aromatic carbocycles. The summed E-state index contributed by atoms with van der Waals surface area (Å²) in [5, 5.41) is 12.6. The Bertz CT molecular complexity index is 1860. The summed E-state index contributed by atoms with van der Waals surface area (Å²) in [6.45, 7) is 5.70.